The van der Waals surface area contributed by atoms with Crippen LogP contribution in [0.4, 0.5) is 14.5 Å². The van der Waals surface area contributed by atoms with Crippen LogP contribution in [0.15, 0.2) is 46.9 Å². The minimum Gasteiger partial charge on any atom is -0.381 e. The van der Waals surface area contributed by atoms with Crippen LogP contribution < -0.4 is 5.32 Å². The molecule has 1 nitrogen and oxygen atoms in total. The van der Waals surface area contributed by atoms with Crippen LogP contribution >= 0.6 is 15.9 Å². The van der Waals surface area contributed by atoms with Crippen LogP contribution in [-0.4, -0.2) is 0 Å². The second-order valence-electron chi connectivity index (χ2n) is 3.64. The summed E-state index contributed by atoms with van der Waals surface area (Å²) in [6.07, 6.45) is 0. The maximum absolute atomic E-state index is 13.1. The maximum atomic E-state index is 13.1. The molecule has 0 aliphatic heterocycles. The van der Waals surface area contributed by atoms with Crippen molar-refractivity contribution in [2.75, 3.05) is 5.32 Å². The Morgan fingerprint density at radius 1 is 1.00 bits per heavy atom. The average Bonchev–Trinajstić information content (AvgIpc) is 2.25. The number of hydrogen-bond donors (Lipinski definition) is 1. The van der Waals surface area contributed by atoms with Gasteiger partial charge < -0.3 is 5.32 Å². The van der Waals surface area contributed by atoms with Crippen LogP contribution in [-0.2, 0) is 6.54 Å². The van der Waals surface area contributed by atoms with E-state index in [1.54, 1.807) is 12.1 Å². The van der Waals surface area contributed by atoms with Gasteiger partial charge in [0.1, 0.15) is 11.6 Å². The Hall–Kier alpha value is -1.42. The molecular formula is C13H10BrF2N. The molecule has 2 aromatic rings. The molecule has 17 heavy (non-hydrogen) atoms. The minimum absolute atomic E-state index is 0.296. The fourth-order valence-corrected chi connectivity index (χ4v) is 2.03. The lowest BCUT2D eigenvalue weighted by Crippen LogP contribution is -2.00. The van der Waals surface area contributed by atoms with Crippen LogP contribution in [0.3, 0.4) is 0 Å². The Labute approximate surface area is 107 Å². The molecule has 0 saturated heterocycles. The predicted molar refractivity (Wildman–Crippen MR) is 67.8 cm³/mol. The Morgan fingerprint density at radius 2 is 1.82 bits per heavy atom. The second-order valence-corrected chi connectivity index (χ2v) is 4.56. The SMILES string of the molecule is Fc1cc(Br)cc(CNc2cccc(F)c2)c1. The molecule has 0 aliphatic rings. The smallest absolute Gasteiger partial charge is 0.125 e. The molecule has 88 valence electrons. The van der Waals surface area contributed by atoms with Gasteiger partial charge in [-0.3, -0.25) is 0 Å². The molecule has 0 saturated carbocycles. The Bertz CT molecular complexity index is 508. The summed E-state index contributed by atoms with van der Waals surface area (Å²) in [6, 6.07) is 10.8. The summed E-state index contributed by atoms with van der Waals surface area (Å²) in [5.74, 6) is -0.592. The molecule has 0 bridgehead atoms. The molecule has 0 spiro atoms. The van der Waals surface area contributed by atoms with E-state index in [9.17, 15) is 8.78 Å². The van der Waals surface area contributed by atoms with Gasteiger partial charge in [0.25, 0.3) is 0 Å². The fraction of sp³-hybridized carbons (Fsp3) is 0.0769. The summed E-state index contributed by atoms with van der Waals surface area (Å²) in [6.45, 7) is 0.444. The zero-order valence-corrected chi connectivity index (χ0v) is 10.5. The number of benzene rings is 2. The molecule has 0 heterocycles. The van der Waals surface area contributed by atoms with E-state index in [4.69, 9.17) is 0 Å². The Morgan fingerprint density at radius 3 is 2.53 bits per heavy atom. The maximum Gasteiger partial charge on any atom is 0.125 e. The normalized spacial score (nSPS) is 10.3. The molecule has 4 heteroatoms. The van der Waals surface area contributed by atoms with Crippen LogP contribution in [0, 0.1) is 11.6 Å². The molecule has 0 unspecified atom stereocenters. The predicted octanol–water partition coefficient (Wildman–Crippen LogP) is 4.34. The number of nitrogens with one attached hydrogen (secondary N) is 1. The van der Waals surface area contributed by atoms with Crippen molar-refractivity contribution in [3.63, 3.8) is 0 Å². The summed E-state index contributed by atoms with van der Waals surface area (Å²) in [7, 11) is 0. The van der Waals surface area contributed by atoms with Gasteiger partial charge in [0.15, 0.2) is 0 Å². The van der Waals surface area contributed by atoms with Crippen LogP contribution in [0.2, 0.25) is 0 Å². The topological polar surface area (TPSA) is 12.0 Å². The van der Waals surface area contributed by atoms with Gasteiger partial charge in [0.05, 0.1) is 0 Å². The van der Waals surface area contributed by atoms with Crippen molar-refractivity contribution in [1.29, 1.82) is 0 Å². The summed E-state index contributed by atoms with van der Waals surface area (Å²) < 4.78 is 26.7. The first kappa shape index (κ1) is 12.0. The van der Waals surface area contributed by atoms with Gasteiger partial charge in [0, 0.05) is 16.7 Å². The zero-order valence-electron chi connectivity index (χ0n) is 8.88. The Kier molecular flexibility index (Phi) is 3.74. The zero-order chi connectivity index (χ0) is 12.3. The molecule has 0 amide bonds. The lowest BCUT2D eigenvalue weighted by molar-refractivity contribution is 0.624. The average molecular weight is 298 g/mol. The first-order valence-corrected chi connectivity index (χ1v) is 5.87. The van der Waals surface area contributed by atoms with Crippen LogP contribution in [0.25, 0.3) is 0 Å². The highest BCUT2D eigenvalue weighted by Crippen LogP contribution is 2.16. The van der Waals surface area contributed by atoms with Gasteiger partial charge in [-0.15, -0.1) is 0 Å². The largest absolute Gasteiger partial charge is 0.381 e. The van der Waals surface area contributed by atoms with Crippen LogP contribution in [0.5, 0.6) is 0 Å². The first-order chi connectivity index (χ1) is 8.13. The van der Waals surface area contributed by atoms with E-state index in [1.807, 2.05) is 6.07 Å². The second kappa shape index (κ2) is 5.27. The summed E-state index contributed by atoms with van der Waals surface area (Å²) in [5, 5.41) is 3.03. The first-order valence-electron chi connectivity index (χ1n) is 5.08. The molecule has 0 radical (unpaired) electrons. The standard InChI is InChI=1S/C13H10BrF2N/c14-10-4-9(5-12(16)6-10)8-17-13-3-1-2-11(15)7-13/h1-7,17H,8H2. The van der Waals surface area contributed by atoms with Crippen molar-refractivity contribution < 1.29 is 8.78 Å². The molecule has 0 atom stereocenters. The molecule has 1 N–H and O–H groups in total. The van der Waals surface area contributed by atoms with Gasteiger partial charge in [0.2, 0.25) is 0 Å². The number of rotatable bonds is 3. The van der Waals surface area contributed by atoms with Crippen LogP contribution in [0.1, 0.15) is 5.56 Å². The fourth-order valence-electron chi connectivity index (χ4n) is 1.52. The summed E-state index contributed by atoms with van der Waals surface area (Å²) >= 11 is 3.22. The van der Waals surface area contributed by atoms with E-state index in [0.29, 0.717) is 16.7 Å². The highest BCUT2D eigenvalue weighted by Gasteiger charge is 2.00. The quantitative estimate of drug-likeness (QED) is 0.889. The number of halogens is 3. The van der Waals surface area contributed by atoms with Crippen molar-refractivity contribution in [3.05, 3.63) is 64.1 Å². The summed E-state index contributed by atoms with van der Waals surface area (Å²) in [4.78, 5) is 0. The van der Waals surface area contributed by atoms with Gasteiger partial charge in [-0.25, -0.2) is 8.78 Å². The van der Waals surface area contributed by atoms with E-state index in [2.05, 4.69) is 21.2 Å². The third-order valence-electron chi connectivity index (χ3n) is 2.24. The molecule has 2 rings (SSSR count). The third kappa shape index (κ3) is 3.53. The Balaban J connectivity index is 2.07. The monoisotopic (exact) mass is 297 g/mol. The summed E-state index contributed by atoms with van der Waals surface area (Å²) in [5.41, 5.74) is 1.46. The van der Waals surface area contributed by atoms with Gasteiger partial charge in [-0.1, -0.05) is 22.0 Å². The van der Waals surface area contributed by atoms with Crippen molar-refractivity contribution in [1.82, 2.24) is 0 Å². The number of hydrogen-bond acceptors (Lipinski definition) is 1. The van der Waals surface area contributed by atoms with E-state index in [-0.39, 0.29) is 11.6 Å². The van der Waals surface area contributed by atoms with Gasteiger partial charge in [-0.2, -0.15) is 0 Å². The molecule has 0 fully saturated rings. The molecule has 0 aliphatic carbocycles. The lowest BCUT2D eigenvalue weighted by Gasteiger charge is -2.07. The van der Waals surface area contributed by atoms with Gasteiger partial charge in [-0.05, 0) is 42.0 Å². The van der Waals surface area contributed by atoms with Crippen molar-refractivity contribution in [3.8, 4) is 0 Å². The van der Waals surface area contributed by atoms with Crippen molar-refractivity contribution in [2.45, 2.75) is 6.54 Å². The highest BCUT2D eigenvalue weighted by atomic mass is 79.9. The van der Waals surface area contributed by atoms with E-state index in [1.165, 1.54) is 24.3 Å². The minimum atomic E-state index is -0.296. The third-order valence-corrected chi connectivity index (χ3v) is 2.70. The molecule has 2 aromatic carbocycles. The van der Waals surface area contributed by atoms with Crippen molar-refractivity contribution >= 4 is 21.6 Å². The van der Waals surface area contributed by atoms with Crippen molar-refractivity contribution in [2.24, 2.45) is 0 Å². The lowest BCUT2D eigenvalue weighted by atomic mass is 10.2. The highest BCUT2D eigenvalue weighted by molar-refractivity contribution is 9.10. The van der Waals surface area contributed by atoms with E-state index in [0.717, 1.165) is 5.56 Å². The number of anilines is 1. The molecular weight excluding hydrogens is 288 g/mol. The van der Waals surface area contributed by atoms with E-state index >= 15 is 0 Å². The van der Waals surface area contributed by atoms with E-state index < -0.39 is 0 Å². The molecule has 0 aromatic heterocycles. The van der Waals surface area contributed by atoms with Gasteiger partial charge >= 0.3 is 0 Å².